The van der Waals surface area contributed by atoms with E-state index >= 15 is 0 Å². The van der Waals surface area contributed by atoms with Gasteiger partial charge in [-0.25, -0.2) is 14.8 Å². The first-order chi connectivity index (χ1) is 15.0. The smallest absolute Gasteiger partial charge is 0.404 e. The maximum atomic E-state index is 13.0. The Hall–Kier alpha value is -3.98. The number of aromatic nitrogens is 4. The Morgan fingerprint density at radius 2 is 2.03 bits per heavy atom. The molecule has 0 spiro atoms. The number of carbonyl (C=O) groups excluding carboxylic acids is 1. The third-order valence-electron chi connectivity index (χ3n) is 4.60. The molecule has 4 aromatic heterocycles. The van der Waals surface area contributed by atoms with Crippen LogP contribution in [0.4, 0.5) is 4.79 Å². The van der Waals surface area contributed by atoms with Crippen LogP contribution in [0.1, 0.15) is 21.5 Å². The summed E-state index contributed by atoms with van der Waals surface area (Å²) < 4.78 is 5.17. The van der Waals surface area contributed by atoms with E-state index in [1.54, 1.807) is 36.5 Å². The molecule has 0 fully saturated rings. The summed E-state index contributed by atoms with van der Waals surface area (Å²) in [7, 11) is 1.48. The molecule has 9 nitrogen and oxygen atoms in total. The molecule has 10 heteroatoms. The molecule has 156 valence electrons. The first kappa shape index (κ1) is 20.3. The van der Waals surface area contributed by atoms with E-state index < -0.39 is 6.09 Å². The molecule has 0 unspecified atom stereocenters. The summed E-state index contributed by atoms with van der Waals surface area (Å²) in [5.74, 6) is 0.125. The highest BCUT2D eigenvalue weighted by Gasteiger charge is 2.17. The van der Waals surface area contributed by atoms with E-state index in [1.807, 2.05) is 0 Å². The third-order valence-corrected chi connectivity index (χ3v) is 4.81. The molecule has 4 rings (SSSR count). The third kappa shape index (κ3) is 4.17. The summed E-state index contributed by atoms with van der Waals surface area (Å²) in [5, 5.41) is 12.3. The van der Waals surface area contributed by atoms with Gasteiger partial charge in [-0.2, -0.15) is 0 Å². The zero-order valence-corrected chi connectivity index (χ0v) is 17.0. The minimum atomic E-state index is -1.15. The van der Waals surface area contributed by atoms with Crippen molar-refractivity contribution in [3.63, 3.8) is 0 Å². The molecule has 0 aliphatic rings. The zero-order valence-electron chi connectivity index (χ0n) is 16.2. The fourth-order valence-electron chi connectivity index (χ4n) is 3.11. The van der Waals surface area contributed by atoms with Crippen LogP contribution in [0.15, 0.2) is 48.9 Å². The summed E-state index contributed by atoms with van der Waals surface area (Å²) >= 11 is 6.01. The van der Waals surface area contributed by atoms with Gasteiger partial charge in [-0.05, 0) is 29.8 Å². The average molecular weight is 438 g/mol. The number of ether oxygens (including phenoxy) is 1. The van der Waals surface area contributed by atoms with Crippen molar-refractivity contribution in [1.82, 2.24) is 25.3 Å². The van der Waals surface area contributed by atoms with Gasteiger partial charge in [-0.1, -0.05) is 11.6 Å². The SMILES string of the molecule is COc1ccc(CNC(=O)O)c(-c2ccc(C(=O)c3c[nH]c4ncc(Cl)cc34)cn2)n1. The van der Waals surface area contributed by atoms with E-state index in [1.165, 1.54) is 19.5 Å². The van der Waals surface area contributed by atoms with Crippen LogP contribution >= 0.6 is 11.6 Å². The van der Waals surface area contributed by atoms with Crippen molar-refractivity contribution >= 4 is 34.5 Å². The van der Waals surface area contributed by atoms with Crippen molar-refractivity contribution in [3.05, 3.63) is 70.6 Å². The minimum absolute atomic E-state index is 0.0487. The summed E-state index contributed by atoms with van der Waals surface area (Å²) in [6, 6.07) is 8.31. The van der Waals surface area contributed by atoms with E-state index in [0.29, 0.717) is 50.0 Å². The molecule has 0 aliphatic carbocycles. The molecule has 0 radical (unpaired) electrons. The largest absolute Gasteiger partial charge is 0.481 e. The standard InChI is InChI=1S/C21H16ClN5O4/c1-31-17-5-3-11(7-26-21(29)30)18(27-17)16-4-2-12(8-23-16)19(28)15-10-25-20-14(15)6-13(22)9-24-20/h2-6,8-10,26H,7H2,1H3,(H,24,25)(H,29,30). The van der Waals surface area contributed by atoms with Crippen molar-refractivity contribution in [3.8, 4) is 17.3 Å². The van der Waals surface area contributed by atoms with Gasteiger partial charge in [0.2, 0.25) is 5.88 Å². The molecule has 0 bridgehead atoms. The van der Waals surface area contributed by atoms with Crippen LogP contribution in [0.5, 0.6) is 5.88 Å². The lowest BCUT2D eigenvalue weighted by Gasteiger charge is -2.10. The molecule has 0 aromatic carbocycles. The van der Waals surface area contributed by atoms with Crippen molar-refractivity contribution < 1.29 is 19.4 Å². The second-order valence-corrected chi connectivity index (χ2v) is 6.97. The Bertz CT molecular complexity index is 1290. The van der Waals surface area contributed by atoms with Gasteiger partial charge in [0.15, 0.2) is 5.78 Å². The topological polar surface area (TPSA) is 130 Å². The predicted molar refractivity (Wildman–Crippen MR) is 113 cm³/mol. The fourth-order valence-corrected chi connectivity index (χ4v) is 3.27. The Balaban J connectivity index is 1.67. The monoisotopic (exact) mass is 437 g/mol. The number of aromatic amines is 1. The summed E-state index contributed by atoms with van der Waals surface area (Å²) in [6.45, 7) is 0.0487. The van der Waals surface area contributed by atoms with E-state index in [2.05, 4.69) is 25.3 Å². The first-order valence-corrected chi connectivity index (χ1v) is 9.48. The van der Waals surface area contributed by atoms with E-state index in [0.717, 1.165) is 0 Å². The van der Waals surface area contributed by atoms with Gasteiger partial charge in [0.25, 0.3) is 0 Å². The Labute approximate surface area is 181 Å². The number of carbonyl (C=O) groups is 2. The van der Waals surface area contributed by atoms with Crippen molar-refractivity contribution in [2.45, 2.75) is 6.54 Å². The number of hydrogen-bond acceptors (Lipinski definition) is 6. The van der Waals surface area contributed by atoms with E-state index in [-0.39, 0.29) is 12.3 Å². The number of H-pyrrole nitrogens is 1. The predicted octanol–water partition coefficient (Wildman–Crippen LogP) is 3.68. The molecule has 4 aromatic rings. The van der Waals surface area contributed by atoms with Crippen molar-refractivity contribution in [2.75, 3.05) is 7.11 Å². The molecular weight excluding hydrogens is 422 g/mol. The van der Waals surface area contributed by atoms with Crippen molar-refractivity contribution in [2.24, 2.45) is 0 Å². The lowest BCUT2D eigenvalue weighted by Crippen LogP contribution is -2.20. The number of fused-ring (bicyclic) bond motifs is 1. The molecule has 0 aliphatic heterocycles. The Kier molecular flexibility index (Phi) is 5.50. The van der Waals surface area contributed by atoms with Crippen LogP contribution in [0, 0.1) is 0 Å². The highest BCUT2D eigenvalue weighted by atomic mass is 35.5. The maximum absolute atomic E-state index is 13.0. The van der Waals surface area contributed by atoms with Gasteiger partial charge in [-0.15, -0.1) is 0 Å². The van der Waals surface area contributed by atoms with Gasteiger partial charge < -0.3 is 20.1 Å². The summed E-state index contributed by atoms with van der Waals surface area (Å²) in [5.41, 5.74) is 2.92. The average Bonchev–Trinajstić information content (AvgIpc) is 3.20. The molecule has 31 heavy (non-hydrogen) atoms. The number of halogens is 1. The maximum Gasteiger partial charge on any atom is 0.404 e. The Morgan fingerprint density at radius 1 is 1.19 bits per heavy atom. The number of ketones is 1. The summed E-state index contributed by atoms with van der Waals surface area (Å²) in [6.07, 6.45) is 3.39. The zero-order chi connectivity index (χ0) is 22.0. The first-order valence-electron chi connectivity index (χ1n) is 9.10. The molecule has 1 amide bonds. The van der Waals surface area contributed by atoms with Crippen LogP contribution in [0.2, 0.25) is 5.02 Å². The minimum Gasteiger partial charge on any atom is -0.481 e. The van der Waals surface area contributed by atoms with Crippen LogP contribution in [-0.2, 0) is 6.54 Å². The fraction of sp³-hybridized carbons (Fsp3) is 0.0952. The number of nitrogens with one attached hydrogen (secondary N) is 2. The lowest BCUT2D eigenvalue weighted by atomic mass is 10.0. The van der Waals surface area contributed by atoms with Crippen LogP contribution in [0.3, 0.4) is 0 Å². The van der Waals surface area contributed by atoms with Gasteiger partial charge in [0.1, 0.15) is 5.65 Å². The van der Waals surface area contributed by atoms with Crippen LogP contribution < -0.4 is 10.1 Å². The molecule has 4 heterocycles. The van der Waals surface area contributed by atoms with E-state index in [4.69, 9.17) is 21.4 Å². The molecular formula is C21H16ClN5O4. The number of pyridine rings is 3. The highest BCUT2D eigenvalue weighted by molar-refractivity contribution is 6.31. The molecule has 0 atom stereocenters. The molecule has 3 N–H and O–H groups in total. The summed E-state index contributed by atoms with van der Waals surface area (Å²) in [4.78, 5) is 39.7. The second kappa shape index (κ2) is 8.41. The number of amides is 1. The van der Waals surface area contributed by atoms with Gasteiger partial charge >= 0.3 is 6.09 Å². The highest BCUT2D eigenvalue weighted by Crippen LogP contribution is 2.25. The van der Waals surface area contributed by atoms with E-state index in [9.17, 15) is 9.59 Å². The normalized spacial score (nSPS) is 10.8. The molecule has 0 saturated carbocycles. The van der Waals surface area contributed by atoms with Crippen LogP contribution in [0.25, 0.3) is 22.4 Å². The number of nitrogens with zero attached hydrogens (tertiary/aromatic N) is 3. The molecule has 0 saturated heterocycles. The quantitative estimate of drug-likeness (QED) is 0.392. The van der Waals surface area contributed by atoms with Crippen molar-refractivity contribution in [1.29, 1.82) is 0 Å². The van der Waals surface area contributed by atoms with Crippen LogP contribution in [-0.4, -0.2) is 44.0 Å². The number of hydrogen-bond donors (Lipinski definition) is 3. The number of carboxylic acid groups (broad SMARTS) is 1. The van der Waals surface area contributed by atoms with Gasteiger partial charge in [0, 0.05) is 47.7 Å². The number of rotatable bonds is 6. The lowest BCUT2D eigenvalue weighted by molar-refractivity contribution is 0.104. The second-order valence-electron chi connectivity index (χ2n) is 6.53. The Morgan fingerprint density at radius 3 is 2.74 bits per heavy atom. The van der Waals surface area contributed by atoms with Gasteiger partial charge in [0.05, 0.1) is 23.5 Å². The van der Waals surface area contributed by atoms with Gasteiger partial charge in [-0.3, -0.25) is 9.78 Å². The number of methoxy groups -OCH3 is 1.